The van der Waals surface area contributed by atoms with Crippen molar-refractivity contribution >= 4 is 17.7 Å². The Kier molecular flexibility index (Phi) is 5.16. The number of rotatable bonds is 2. The van der Waals surface area contributed by atoms with Crippen LogP contribution >= 0.6 is 0 Å². The first kappa shape index (κ1) is 24.4. The van der Waals surface area contributed by atoms with Gasteiger partial charge in [-0.05, 0) is 48.0 Å². The van der Waals surface area contributed by atoms with Crippen LogP contribution in [0.4, 0.5) is 0 Å². The number of hydrogen-bond acceptors (Lipinski definition) is 7. The van der Waals surface area contributed by atoms with Gasteiger partial charge in [0.25, 0.3) is 0 Å². The number of hydrogen-bond donors (Lipinski definition) is 2. The van der Waals surface area contributed by atoms with Gasteiger partial charge in [0.1, 0.15) is 6.10 Å². The summed E-state index contributed by atoms with van der Waals surface area (Å²) in [4.78, 5) is 37.2. The molecular weight excluding hydrogens is 448 g/mol. The van der Waals surface area contributed by atoms with Gasteiger partial charge >= 0.3 is 11.9 Å². The molecule has 7 heteroatoms. The highest BCUT2D eigenvalue weighted by Gasteiger charge is 2.71. The van der Waals surface area contributed by atoms with E-state index < -0.39 is 57.8 Å². The maximum absolute atomic E-state index is 12.9. The smallest absolute Gasteiger partial charge is 0.344 e. The molecule has 190 valence electrons. The predicted octanol–water partition coefficient (Wildman–Crippen LogP) is 3.25. The summed E-state index contributed by atoms with van der Waals surface area (Å²) in [5.41, 5.74) is -0.739. The van der Waals surface area contributed by atoms with Crippen LogP contribution in [0.2, 0.25) is 0 Å². The van der Waals surface area contributed by atoms with Gasteiger partial charge < -0.3 is 19.7 Å². The molecule has 9 atom stereocenters. The van der Waals surface area contributed by atoms with E-state index in [0.29, 0.717) is 12.0 Å². The number of allylic oxidation sites excluding steroid dienone is 3. The lowest BCUT2D eigenvalue weighted by atomic mass is 9.37. The second kappa shape index (κ2) is 7.39. The van der Waals surface area contributed by atoms with Gasteiger partial charge in [-0.2, -0.15) is 0 Å². The van der Waals surface area contributed by atoms with E-state index in [1.54, 1.807) is 6.08 Å². The van der Waals surface area contributed by atoms with Crippen LogP contribution in [0.5, 0.6) is 0 Å². The molecule has 0 aromatic heterocycles. The van der Waals surface area contributed by atoms with Gasteiger partial charge in [-0.25, -0.2) is 4.79 Å². The Bertz CT molecular complexity index is 1100. The van der Waals surface area contributed by atoms with E-state index in [9.17, 15) is 24.6 Å². The molecule has 5 rings (SSSR count). The fraction of sp³-hybridized carbons (Fsp3) is 0.679. The quantitative estimate of drug-likeness (QED) is 0.457. The molecule has 0 saturated heterocycles. The number of esters is 2. The summed E-state index contributed by atoms with van der Waals surface area (Å²) in [5.74, 6) is -1.69. The zero-order valence-corrected chi connectivity index (χ0v) is 21.3. The van der Waals surface area contributed by atoms with Crippen LogP contribution in [-0.2, 0) is 23.9 Å². The van der Waals surface area contributed by atoms with Crippen molar-refractivity contribution in [1.29, 1.82) is 0 Å². The van der Waals surface area contributed by atoms with E-state index in [2.05, 4.69) is 26.8 Å². The van der Waals surface area contributed by atoms with E-state index in [0.717, 1.165) is 18.4 Å². The average Bonchev–Trinajstić information content (AvgIpc) is 3.28. The lowest BCUT2D eigenvalue weighted by Crippen LogP contribution is -2.70. The molecule has 0 aromatic carbocycles. The largest absolute Gasteiger partial charge is 0.459 e. The summed E-state index contributed by atoms with van der Waals surface area (Å²) < 4.78 is 11.0. The van der Waals surface area contributed by atoms with Gasteiger partial charge in [-0.3, -0.25) is 9.59 Å². The molecule has 1 aliphatic heterocycles. The minimum Gasteiger partial charge on any atom is -0.459 e. The Morgan fingerprint density at radius 1 is 1.14 bits per heavy atom. The maximum Gasteiger partial charge on any atom is 0.344 e. The molecule has 1 heterocycles. The molecule has 2 N–H and O–H groups in total. The Morgan fingerprint density at radius 3 is 2.43 bits per heavy atom. The molecule has 0 bridgehead atoms. The predicted molar refractivity (Wildman–Crippen MR) is 126 cm³/mol. The number of carbonyl (C=O) groups is 3. The van der Waals surface area contributed by atoms with Crippen LogP contribution in [0, 0.1) is 39.4 Å². The van der Waals surface area contributed by atoms with Gasteiger partial charge in [0.2, 0.25) is 0 Å². The Morgan fingerprint density at radius 2 is 1.83 bits per heavy atom. The minimum absolute atomic E-state index is 0.00909. The maximum atomic E-state index is 12.9. The highest BCUT2D eigenvalue weighted by Crippen LogP contribution is 2.72. The molecule has 0 amide bonds. The van der Waals surface area contributed by atoms with Crippen molar-refractivity contribution in [2.45, 2.75) is 79.1 Å². The van der Waals surface area contributed by atoms with Crippen LogP contribution in [0.3, 0.4) is 0 Å². The van der Waals surface area contributed by atoms with Gasteiger partial charge in [-0.1, -0.05) is 52.3 Å². The number of aliphatic hydroxyl groups is 2. The van der Waals surface area contributed by atoms with E-state index in [1.807, 2.05) is 19.9 Å². The Labute approximate surface area is 206 Å². The average molecular weight is 485 g/mol. The van der Waals surface area contributed by atoms with Crippen molar-refractivity contribution in [3.05, 3.63) is 35.6 Å². The molecule has 5 aliphatic rings. The van der Waals surface area contributed by atoms with Crippen LogP contribution < -0.4 is 0 Å². The number of aliphatic hydroxyl groups excluding tert-OH is 2. The summed E-state index contributed by atoms with van der Waals surface area (Å²) in [7, 11) is 0. The third-order valence-corrected chi connectivity index (χ3v) is 10.4. The first-order chi connectivity index (χ1) is 16.2. The molecule has 35 heavy (non-hydrogen) atoms. The number of carbonyl (C=O) groups excluding carboxylic acids is 3. The van der Waals surface area contributed by atoms with Crippen molar-refractivity contribution in [2.75, 3.05) is 0 Å². The summed E-state index contributed by atoms with van der Waals surface area (Å²) in [6, 6.07) is 0. The van der Waals surface area contributed by atoms with Crippen molar-refractivity contribution < 1.29 is 34.1 Å². The third kappa shape index (κ3) is 2.94. The standard InChI is InChI=1S/C28H36O7/c1-14(29)35-23-21(32)22-25(2,3)19(30)10-12-27(22,5)18-9-11-26(4)16(7-8-17(26)28(18,23)6)15-13-34-24(33)20(15)31/h8,10,12-13,16,18,20-23,31-32H,7,9,11H2,1-6H3/t16-,18+,20?,21+,22-,23+,26-,27+,28-/m0/s1. The number of fused-ring (bicyclic) bond motifs is 5. The molecule has 0 aromatic rings. The SMILES string of the molecule is CC(=O)O[C@@H]1[C@H](O)[C@H]2C(C)(C)C(=O)C=C[C@]2(C)[C@H]2CC[C@]3(C)C(=CC[C@H]3C3=COC(=O)C3O)[C@]12C. The molecule has 2 saturated carbocycles. The first-order valence-corrected chi connectivity index (χ1v) is 12.6. The molecular formula is C28H36O7. The monoisotopic (exact) mass is 484 g/mol. The minimum atomic E-state index is -1.27. The van der Waals surface area contributed by atoms with Gasteiger partial charge in [0.05, 0.1) is 12.4 Å². The van der Waals surface area contributed by atoms with Crippen LogP contribution in [-0.4, -0.2) is 46.2 Å². The van der Waals surface area contributed by atoms with E-state index in [1.165, 1.54) is 13.2 Å². The second-order valence-corrected chi connectivity index (χ2v) is 12.4. The zero-order valence-electron chi connectivity index (χ0n) is 21.3. The molecule has 4 aliphatic carbocycles. The lowest BCUT2D eigenvalue weighted by Gasteiger charge is -2.67. The second-order valence-electron chi connectivity index (χ2n) is 12.4. The fourth-order valence-electron chi connectivity index (χ4n) is 9.00. The highest BCUT2D eigenvalue weighted by molar-refractivity contribution is 5.96. The topological polar surface area (TPSA) is 110 Å². The van der Waals surface area contributed by atoms with Crippen molar-refractivity contribution in [3.8, 4) is 0 Å². The molecule has 7 nitrogen and oxygen atoms in total. The van der Waals surface area contributed by atoms with Crippen LogP contribution in [0.1, 0.15) is 60.8 Å². The van der Waals surface area contributed by atoms with E-state index >= 15 is 0 Å². The van der Waals surface area contributed by atoms with Gasteiger partial charge in [0, 0.05) is 29.2 Å². The number of cyclic esters (lactones) is 1. The Balaban J connectivity index is 1.65. The summed E-state index contributed by atoms with van der Waals surface area (Å²) in [6.07, 6.45) is 6.25. The van der Waals surface area contributed by atoms with Crippen LogP contribution in [0.15, 0.2) is 35.6 Å². The summed E-state index contributed by atoms with van der Waals surface area (Å²) in [6.45, 7) is 11.5. The molecule has 2 fully saturated rings. The molecule has 0 radical (unpaired) electrons. The molecule has 0 spiro atoms. The normalized spacial score (nSPS) is 47.8. The van der Waals surface area contributed by atoms with Crippen molar-refractivity contribution in [1.82, 2.24) is 0 Å². The lowest BCUT2D eigenvalue weighted by molar-refractivity contribution is -0.228. The van der Waals surface area contributed by atoms with Crippen LogP contribution in [0.25, 0.3) is 0 Å². The van der Waals surface area contributed by atoms with Crippen molar-refractivity contribution in [2.24, 2.45) is 39.4 Å². The Hall–Kier alpha value is -2.25. The summed E-state index contributed by atoms with van der Waals surface area (Å²) in [5, 5.41) is 22.4. The zero-order chi connectivity index (χ0) is 25.7. The number of ether oxygens (including phenoxy) is 2. The number of ketones is 1. The van der Waals surface area contributed by atoms with E-state index in [4.69, 9.17) is 9.47 Å². The van der Waals surface area contributed by atoms with Gasteiger partial charge in [-0.15, -0.1) is 0 Å². The summed E-state index contributed by atoms with van der Waals surface area (Å²) >= 11 is 0. The molecule has 1 unspecified atom stereocenters. The fourth-order valence-corrected chi connectivity index (χ4v) is 9.00. The van der Waals surface area contributed by atoms with Gasteiger partial charge in [0.15, 0.2) is 11.9 Å². The third-order valence-electron chi connectivity index (χ3n) is 10.4. The van der Waals surface area contributed by atoms with Crippen molar-refractivity contribution in [3.63, 3.8) is 0 Å². The van der Waals surface area contributed by atoms with E-state index in [-0.39, 0.29) is 17.6 Å². The first-order valence-electron chi connectivity index (χ1n) is 12.6. The highest BCUT2D eigenvalue weighted by atomic mass is 16.6.